The second kappa shape index (κ2) is 7.76. The van der Waals surface area contributed by atoms with Crippen molar-refractivity contribution in [2.45, 2.75) is 64.3 Å². The van der Waals surface area contributed by atoms with Crippen LogP contribution in [0.5, 0.6) is 0 Å². The number of rotatable bonds is 6. The van der Waals surface area contributed by atoms with Crippen LogP contribution in [0.15, 0.2) is 0 Å². The summed E-state index contributed by atoms with van der Waals surface area (Å²) in [6.07, 6.45) is 9.43. The number of hydrogen-bond acceptors (Lipinski definition) is 3. The van der Waals surface area contributed by atoms with Crippen LogP contribution in [-0.4, -0.2) is 44.2 Å². The molecule has 0 aromatic carbocycles. The Kier molecular flexibility index (Phi) is 6.30. The molecule has 5 heteroatoms. The first-order valence-corrected chi connectivity index (χ1v) is 9.94. The molecule has 0 spiro atoms. The summed E-state index contributed by atoms with van der Waals surface area (Å²) in [6, 6.07) is 0.352. The molecule has 0 bridgehead atoms. The van der Waals surface area contributed by atoms with Gasteiger partial charge in [-0.05, 0) is 38.1 Å². The summed E-state index contributed by atoms with van der Waals surface area (Å²) in [5, 5.41) is 3.45. The van der Waals surface area contributed by atoms with Crippen molar-refractivity contribution in [3.63, 3.8) is 0 Å². The Morgan fingerprint density at radius 3 is 2.35 bits per heavy atom. The minimum Gasteiger partial charge on any atom is -0.313 e. The van der Waals surface area contributed by atoms with Crippen LogP contribution in [0.25, 0.3) is 0 Å². The third-order valence-electron chi connectivity index (χ3n) is 4.75. The number of nitrogens with one attached hydrogen (secondary N) is 1. The van der Waals surface area contributed by atoms with E-state index in [9.17, 15) is 8.42 Å². The molecule has 4 nitrogen and oxygen atoms in total. The van der Waals surface area contributed by atoms with Crippen molar-refractivity contribution < 1.29 is 8.42 Å². The highest BCUT2D eigenvalue weighted by Gasteiger charge is 2.28. The van der Waals surface area contributed by atoms with E-state index in [4.69, 9.17) is 0 Å². The van der Waals surface area contributed by atoms with Gasteiger partial charge < -0.3 is 5.32 Å². The molecule has 1 atom stereocenters. The monoisotopic (exact) mass is 302 g/mol. The predicted octanol–water partition coefficient (Wildman–Crippen LogP) is 2.36. The van der Waals surface area contributed by atoms with Crippen LogP contribution in [-0.2, 0) is 10.0 Å². The van der Waals surface area contributed by atoms with Crippen LogP contribution in [0, 0.1) is 5.92 Å². The molecular weight excluding hydrogens is 272 g/mol. The molecule has 1 aliphatic carbocycles. The third-order valence-corrected chi connectivity index (χ3v) is 6.84. The minimum absolute atomic E-state index is 0.352. The topological polar surface area (TPSA) is 49.4 Å². The van der Waals surface area contributed by atoms with Crippen LogP contribution < -0.4 is 5.32 Å². The van der Waals surface area contributed by atoms with Crippen molar-refractivity contribution in [1.29, 1.82) is 0 Å². The first kappa shape index (κ1) is 16.2. The molecule has 0 aromatic heterocycles. The number of piperidine rings is 1. The van der Waals surface area contributed by atoms with Crippen molar-refractivity contribution in [2.75, 3.05) is 25.4 Å². The van der Waals surface area contributed by atoms with Crippen molar-refractivity contribution in [2.24, 2.45) is 5.92 Å². The van der Waals surface area contributed by atoms with E-state index in [1.54, 1.807) is 4.31 Å². The highest BCUT2D eigenvalue weighted by molar-refractivity contribution is 7.89. The van der Waals surface area contributed by atoms with Crippen molar-refractivity contribution in [3.8, 4) is 0 Å². The molecule has 1 saturated heterocycles. The molecule has 0 aromatic rings. The quantitative estimate of drug-likeness (QED) is 0.819. The molecular formula is C15H30N2O2S. The van der Waals surface area contributed by atoms with Gasteiger partial charge in [-0.15, -0.1) is 0 Å². The second-order valence-corrected chi connectivity index (χ2v) is 8.39. The summed E-state index contributed by atoms with van der Waals surface area (Å²) in [7, 11) is -3.08. The Labute approximate surface area is 124 Å². The molecule has 20 heavy (non-hydrogen) atoms. The molecule has 2 rings (SSSR count). The third kappa shape index (κ3) is 4.71. The average Bonchev–Trinajstić information content (AvgIpc) is 2.46. The molecule has 1 unspecified atom stereocenters. The van der Waals surface area contributed by atoms with Gasteiger partial charge in [0.2, 0.25) is 10.0 Å². The maximum absolute atomic E-state index is 12.6. The van der Waals surface area contributed by atoms with Crippen LogP contribution in [0.3, 0.4) is 0 Å². The Balaban J connectivity index is 1.89. The molecule has 1 N–H and O–H groups in total. The van der Waals surface area contributed by atoms with Crippen molar-refractivity contribution in [3.05, 3.63) is 0 Å². The Morgan fingerprint density at radius 2 is 1.75 bits per heavy atom. The highest BCUT2D eigenvalue weighted by atomic mass is 32.2. The lowest BCUT2D eigenvalue weighted by atomic mass is 9.91. The lowest BCUT2D eigenvalue weighted by Gasteiger charge is -2.31. The van der Waals surface area contributed by atoms with E-state index < -0.39 is 10.0 Å². The highest BCUT2D eigenvalue weighted by Crippen LogP contribution is 2.26. The van der Waals surface area contributed by atoms with Gasteiger partial charge in [-0.1, -0.05) is 32.6 Å². The normalized spacial score (nSPS) is 26.0. The predicted molar refractivity (Wildman–Crippen MR) is 83.3 cm³/mol. The molecule has 1 heterocycles. The lowest BCUT2D eigenvalue weighted by Crippen LogP contribution is -2.46. The van der Waals surface area contributed by atoms with E-state index in [-0.39, 0.29) is 0 Å². The molecule has 0 radical (unpaired) electrons. The minimum atomic E-state index is -3.08. The number of sulfonamides is 1. The van der Waals surface area contributed by atoms with Crippen LogP contribution in [0.2, 0.25) is 0 Å². The summed E-state index contributed by atoms with van der Waals surface area (Å²) >= 11 is 0. The largest absolute Gasteiger partial charge is 0.313 e. The fourth-order valence-corrected chi connectivity index (χ4v) is 5.46. The van der Waals surface area contributed by atoms with E-state index in [1.807, 2.05) is 6.92 Å². The van der Waals surface area contributed by atoms with E-state index in [1.165, 1.54) is 32.1 Å². The maximum Gasteiger partial charge on any atom is 0.214 e. The fraction of sp³-hybridized carbons (Fsp3) is 1.00. The first-order valence-electron chi connectivity index (χ1n) is 8.33. The number of hydrogen-bond donors (Lipinski definition) is 1. The zero-order chi connectivity index (χ0) is 14.4. The summed E-state index contributed by atoms with van der Waals surface area (Å²) in [5.41, 5.74) is 0. The number of likely N-dealkylation sites (N-methyl/N-ethyl adjacent to an activating group) is 1. The zero-order valence-corrected chi connectivity index (χ0v) is 13.6. The van der Waals surface area contributed by atoms with E-state index in [0.29, 0.717) is 30.8 Å². The number of nitrogens with zero attached hydrogens (tertiary/aromatic N) is 1. The van der Waals surface area contributed by atoms with Crippen molar-refractivity contribution >= 4 is 10.0 Å². The Bertz CT molecular complexity index is 371. The van der Waals surface area contributed by atoms with Crippen LogP contribution in [0.4, 0.5) is 0 Å². The molecule has 2 aliphatic rings. The standard InChI is InChI=1S/C15H30N2O2S/c1-2-17(12-15-10-6-7-11-16-15)20(18,19)13-14-8-4-3-5-9-14/h14-16H,2-13H2,1H3. The molecule has 1 saturated carbocycles. The van der Waals surface area contributed by atoms with E-state index in [0.717, 1.165) is 25.8 Å². The summed E-state index contributed by atoms with van der Waals surface area (Å²) in [4.78, 5) is 0. The first-order chi connectivity index (χ1) is 9.62. The second-order valence-electron chi connectivity index (χ2n) is 6.38. The van der Waals surface area contributed by atoms with Gasteiger partial charge in [0.15, 0.2) is 0 Å². The van der Waals surface area contributed by atoms with Gasteiger partial charge in [-0.2, -0.15) is 0 Å². The average molecular weight is 302 g/mol. The lowest BCUT2D eigenvalue weighted by molar-refractivity contribution is 0.314. The molecule has 2 fully saturated rings. The SMILES string of the molecule is CCN(CC1CCCCN1)S(=O)(=O)CC1CCCCC1. The van der Waals surface area contributed by atoms with Crippen LogP contribution >= 0.6 is 0 Å². The smallest absolute Gasteiger partial charge is 0.214 e. The van der Waals surface area contributed by atoms with Gasteiger partial charge in [0.25, 0.3) is 0 Å². The summed E-state index contributed by atoms with van der Waals surface area (Å²) < 4.78 is 26.9. The van der Waals surface area contributed by atoms with Crippen LogP contribution in [0.1, 0.15) is 58.3 Å². The van der Waals surface area contributed by atoms with Gasteiger partial charge in [0.05, 0.1) is 5.75 Å². The van der Waals surface area contributed by atoms with Gasteiger partial charge in [-0.25, -0.2) is 12.7 Å². The molecule has 0 amide bonds. The molecule has 1 aliphatic heterocycles. The maximum atomic E-state index is 12.6. The van der Waals surface area contributed by atoms with E-state index >= 15 is 0 Å². The summed E-state index contributed by atoms with van der Waals surface area (Å²) in [5.74, 6) is 0.759. The Morgan fingerprint density at radius 1 is 1.05 bits per heavy atom. The van der Waals surface area contributed by atoms with Gasteiger partial charge in [0, 0.05) is 19.1 Å². The molecule has 118 valence electrons. The Hall–Kier alpha value is -0.130. The van der Waals surface area contributed by atoms with Gasteiger partial charge in [-0.3, -0.25) is 0 Å². The fourth-order valence-electron chi connectivity index (χ4n) is 3.52. The zero-order valence-electron chi connectivity index (χ0n) is 12.8. The van der Waals surface area contributed by atoms with Gasteiger partial charge >= 0.3 is 0 Å². The van der Waals surface area contributed by atoms with E-state index in [2.05, 4.69) is 5.32 Å². The van der Waals surface area contributed by atoms with Crippen molar-refractivity contribution in [1.82, 2.24) is 9.62 Å². The summed E-state index contributed by atoms with van der Waals surface area (Å²) in [6.45, 7) is 4.25. The van der Waals surface area contributed by atoms with Gasteiger partial charge in [0.1, 0.15) is 0 Å².